The number of aryl methyl sites for hydroxylation is 1. The van der Waals surface area contributed by atoms with Crippen LogP contribution in [0.3, 0.4) is 0 Å². The maximum Gasteiger partial charge on any atom is 0.416 e. The number of imidazole rings is 1. The van der Waals surface area contributed by atoms with Gasteiger partial charge in [-0.25, -0.2) is 9.78 Å². The molecule has 2 heterocycles. The second kappa shape index (κ2) is 16.8. The van der Waals surface area contributed by atoms with Gasteiger partial charge in [0.15, 0.2) is 5.03 Å². The number of urea groups is 1. The lowest BCUT2D eigenvalue weighted by molar-refractivity contribution is -0.137. The topological polar surface area (TPSA) is 155 Å². The Bertz CT molecular complexity index is 1750. The van der Waals surface area contributed by atoms with Gasteiger partial charge < -0.3 is 34.3 Å². The number of rotatable bonds is 8. The molecule has 0 aliphatic carbocycles. The van der Waals surface area contributed by atoms with Gasteiger partial charge in [-0.05, 0) is 75.6 Å². The third-order valence-electron chi connectivity index (χ3n) is 8.52. The van der Waals surface area contributed by atoms with Gasteiger partial charge in [-0.15, -0.1) is 0 Å². The number of hydrogen-bond acceptors (Lipinski definition) is 8. The number of carbonyl (C=O) groups excluding carboxylic acids is 2. The van der Waals surface area contributed by atoms with Gasteiger partial charge in [0.2, 0.25) is 0 Å². The normalized spacial score (nSPS) is 20.1. The van der Waals surface area contributed by atoms with E-state index in [4.69, 9.17) is 9.47 Å². The minimum atomic E-state index is -4.51. The lowest BCUT2D eigenvalue weighted by Crippen LogP contribution is -2.48. The van der Waals surface area contributed by atoms with Gasteiger partial charge in [0.25, 0.3) is 15.9 Å². The number of alkyl halides is 3. The number of benzene rings is 2. The number of anilines is 2. The lowest BCUT2D eigenvalue weighted by atomic mass is 10.0. The predicted octanol–water partition coefficient (Wildman–Crippen LogP) is 5.20. The Balaban J connectivity index is 1.59. The van der Waals surface area contributed by atoms with E-state index in [-0.39, 0.29) is 59.4 Å². The minimum Gasteiger partial charge on any atom is -0.490 e. The molecule has 4 rings (SSSR count). The molecule has 3 N–H and O–H groups in total. The Kier molecular flexibility index (Phi) is 13.0. The van der Waals surface area contributed by atoms with E-state index in [1.165, 1.54) is 64.3 Å². The Hall–Kier alpha value is -4.35. The molecule has 0 bridgehead atoms. The lowest BCUT2D eigenvalue weighted by Gasteiger charge is -2.35. The largest absolute Gasteiger partial charge is 0.490 e. The summed E-state index contributed by atoms with van der Waals surface area (Å²) in [7, 11) is -0.912. The number of aliphatic hydroxyl groups excluding tert-OH is 1. The van der Waals surface area contributed by atoms with Gasteiger partial charge in [-0.1, -0.05) is 6.92 Å². The summed E-state index contributed by atoms with van der Waals surface area (Å²) in [5.74, 6) is -0.657. The molecule has 17 heteroatoms. The fourth-order valence-electron chi connectivity index (χ4n) is 5.50. The van der Waals surface area contributed by atoms with E-state index in [1.54, 1.807) is 14.0 Å². The number of sulfonamides is 1. The number of amides is 3. The molecule has 0 saturated carbocycles. The Morgan fingerprint density at radius 3 is 2.45 bits per heavy atom. The van der Waals surface area contributed by atoms with Crippen molar-refractivity contribution in [3.63, 3.8) is 0 Å². The highest BCUT2D eigenvalue weighted by Gasteiger charge is 2.32. The van der Waals surface area contributed by atoms with Crippen molar-refractivity contribution in [2.45, 2.75) is 69.5 Å². The highest BCUT2D eigenvalue weighted by molar-refractivity contribution is 7.92. The predicted molar refractivity (Wildman–Crippen MR) is 184 cm³/mol. The minimum absolute atomic E-state index is 0.0816. The summed E-state index contributed by atoms with van der Waals surface area (Å²) < 4.78 is 81.5. The Morgan fingerprint density at radius 2 is 1.82 bits per heavy atom. The first kappa shape index (κ1) is 39.4. The number of halogens is 3. The third kappa shape index (κ3) is 10.6. The highest BCUT2D eigenvalue weighted by atomic mass is 32.2. The van der Waals surface area contributed by atoms with Crippen LogP contribution in [0, 0.1) is 5.92 Å². The van der Waals surface area contributed by atoms with E-state index in [9.17, 15) is 36.3 Å². The number of aliphatic hydroxyl groups is 1. The maximum atomic E-state index is 14.3. The Labute approximate surface area is 295 Å². The number of nitrogens with one attached hydrogen (secondary N) is 2. The first-order valence-corrected chi connectivity index (χ1v) is 18.0. The van der Waals surface area contributed by atoms with Crippen LogP contribution in [0.5, 0.6) is 5.75 Å². The van der Waals surface area contributed by atoms with Crippen LogP contribution in [-0.2, 0) is 28.0 Å². The number of likely N-dealkylation sites (N-methyl/N-ethyl adjacent to an activating group) is 1. The molecule has 2 aromatic carbocycles. The van der Waals surface area contributed by atoms with E-state index in [0.29, 0.717) is 19.4 Å². The fourth-order valence-corrected chi connectivity index (χ4v) is 6.53. The summed E-state index contributed by atoms with van der Waals surface area (Å²) >= 11 is 0. The molecule has 51 heavy (non-hydrogen) atoms. The second-order valence-corrected chi connectivity index (χ2v) is 14.5. The first-order chi connectivity index (χ1) is 24.0. The van der Waals surface area contributed by atoms with Crippen molar-refractivity contribution >= 4 is 33.3 Å². The molecule has 0 saturated heterocycles. The first-order valence-electron chi connectivity index (χ1n) is 16.5. The summed E-state index contributed by atoms with van der Waals surface area (Å²) in [6.07, 6.45) is -0.673. The van der Waals surface area contributed by atoms with E-state index >= 15 is 0 Å². The van der Waals surface area contributed by atoms with Crippen LogP contribution in [0.25, 0.3) is 0 Å². The van der Waals surface area contributed by atoms with E-state index in [2.05, 4.69) is 15.0 Å². The van der Waals surface area contributed by atoms with Crippen molar-refractivity contribution in [1.29, 1.82) is 0 Å². The second-order valence-electron chi connectivity index (χ2n) is 12.9. The van der Waals surface area contributed by atoms with Gasteiger partial charge in [-0.2, -0.15) is 21.6 Å². The number of hydrogen-bond donors (Lipinski definition) is 3. The highest BCUT2D eigenvalue weighted by Crippen LogP contribution is 2.31. The molecule has 3 aromatic rings. The van der Waals surface area contributed by atoms with E-state index in [0.717, 1.165) is 18.6 Å². The van der Waals surface area contributed by atoms with E-state index < -0.39 is 45.8 Å². The fraction of sp³-hybridized carbons (Fsp3) is 0.500. The summed E-state index contributed by atoms with van der Waals surface area (Å²) in [5, 5.41) is 12.6. The number of fused-ring (bicyclic) bond motifs is 1. The van der Waals surface area contributed by atoms with E-state index in [1.807, 2.05) is 13.8 Å². The van der Waals surface area contributed by atoms with Crippen LogP contribution >= 0.6 is 0 Å². The van der Waals surface area contributed by atoms with Crippen molar-refractivity contribution in [2.24, 2.45) is 13.0 Å². The third-order valence-corrected chi connectivity index (χ3v) is 9.79. The van der Waals surface area contributed by atoms with Gasteiger partial charge in [0.05, 0.1) is 42.3 Å². The molecular formula is C34H45F3N6O7S. The average molecular weight is 739 g/mol. The van der Waals surface area contributed by atoms with Gasteiger partial charge in [0, 0.05) is 57.3 Å². The van der Waals surface area contributed by atoms with Crippen LogP contribution in [0.1, 0.15) is 56.0 Å². The van der Waals surface area contributed by atoms with Crippen LogP contribution in [-0.4, -0.2) is 96.4 Å². The van der Waals surface area contributed by atoms with Crippen molar-refractivity contribution in [1.82, 2.24) is 19.4 Å². The quantitative estimate of drug-likeness (QED) is 0.285. The monoisotopic (exact) mass is 738 g/mol. The summed E-state index contributed by atoms with van der Waals surface area (Å²) in [6.45, 7) is 5.52. The molecule has 13 nitrogen and oxygen atoms in total. The van der Waals surface area contributed by atoms with Crippen molar-refractivity contribution in [3.05, 3.63) is 66.1 Å². The van der Waals surface area contributed by atoms with Gasteiger partial charge in [0.1, 0.15) is 5.75 Å². The zero-order valence-corrected chi connectivity index (χ0v) is 30.0. The number of carbonyl (C=O) groups is 2. The van der Waals surface area contributed by atoms with Crippen molar-refractivity contribution in [2.75, 3.05) is 43.4 Å². The Morgan fingerprint density at radius 1 is 1.14 bits per heavy atom. The van der Waals surface area contributed by atoms with Crippen LogP contribution in [0.15, 0.2) is 60.0 Å². The standard InChI is InChI=1S/C34H45F3N6O7S/c1-22-17-43(23(2)20-44)32(45)28-16-27(40-51(47,48)31-19-41(4)21-38-31)13-14-29(28)50-24(3)8-6-7-15-49-30(22)18-42(5)33(46)39-26-11-9-25(10-12-26)34(35,36)37/h9-14,16,19,21-24,30,40,44H,6-8,15,17-18,20H2,1-5H3,(H,39,46)/t22-,23+,24-,30-/m0/s1. The average Bonchev–Trinajstić information content (AvgIpc) is 3.53. The van der Waals surface area contributed by atoms with Crippen LogP contribution in [0.2, 0.25) is 0 Å². The smallest absolute Gasteiger partial charge is 0.416 e. The van der Waals surface area contributed by atoms with Gasteiger partial charge in [-0.3, -0.25) is 9.52 Å². The summed E-state index contributed by atoms with van der Waals surface area (Å²) in [4.78, 5) is 34.1. The van der Waals surface area contributed by atoms with Crippen molar-refractivity contribution < 1.29 is 45.8 Å². The zero-order valence-electron chi connectivity index (χ0n) is 29.2. The molecule has 1 aliphatic heterocycles. The molecule has 4 atom stereocenters. The molecule has 0 radical (unpaired) electrons. The number of aromatic nitrogens is 2. The molecular weight excluding hydrogens is 693 g/mol. The van der Waals surface area contributed by atoms with Gasteiger partial charge >= 0.3 is 12.2 Å². The molecule has 280 valence electrons. The molecule has 1 aliphatic rings. The SMILES string of the molecule is C[C@H](CO)N1C[C@H](C)[C@H](CN(C)C(=O)Nc2ccc(C(F)(F)F)cc2)OCCCC[C@H](C)Oc2ccc(NS(=O)(=O)c3cn(C)cn3)cc2C1=O. The summed E-state index contributed by atoms with van der Waals surface area (Å²) in [5.41, 5.74) is -0.461. The number of nitrogens with zero attached hydrogens (tertiary/aromatic N) is 4. The molecule has 0 fully saturated rings. The molecule has 3 amide bonds. The van der Waals surface area contributed by atoms with Crippen LogP contribution in [0.4, 0.5) is 29.3 Å². The maximum absolute atomic E-state index is 14.3. The number of ether oxygens (including phenoxy) is 2. The molecule has 1 aromatic heterocycles. The zero-order chi connectivity index (χ0) is 37.5. The molecule has 0 unspecified atom stereocenters. The van der Waals surface area contributed by atoms with Crippen LogP contribution < -0.4 is 14.8 Å². The molecule has 0 spiro atoms. The van der Waals surface area contributed by atoms with Crippen molar-refractivity contribution in [3.8, 4) is 5.75 Å². The summed E-state index contributed by atoms with van der Waals surface area (Å²) in [6, 6.07) is 7.30.